The monoisotopic (exact) mass is 294 g/mol. The summed E-state index contributed by atoms with van der Waals surface area (Å²) in [6, 6.07) is 3.23. The molecule has 114 valence electrons. The molecule has 0 saturated heterocycles. The van der Waals surface area contributed by atoms with Crippen LogP contribution in [-0.2, 0) is 0 Å². The van der Waals surface area contributed by atoms with Gasteiger partial charge in [-0.15, -0.1) is 0 Å². The zero-order chi connectivity index (χ0) is 15.4. The van der Waals surface area contributed by atoms with Crippen molar-refractivity contribution in [2.75, 3.05) is 0 Å². The fraction of sp³-hybridized carbons (Fsp3) is 0.533. The van der Waals surface area contributed by atoms with Crippen LogP contribution in [0.25, 0.3) is 0 Å². The summed E-state index contributed by atoms with van der Waals surface area (Å²) in [6.45, 7) is 1.95. The molecule has 1 atom stereocenters. The van der Waals surface area contributed by atoms with E-state index in [0.717, 1.165) is 25.0 Å². The third-order valence-electron chi connectivity index (χ3n) is 4.12. The van der Waals surface area contributed by atoms with E-state index in [2.05, 4.69) is 5.32 Å². The van der Waals surface area contributed by atoms with E-state index in [9.17, 15) is 19.3 Å². The Hall–Kier alpha value is -1.98. The molecule has 1 amide bonds. The van der Waals surface area contributed by atoms with Gasteiger partial charge in [-0.1, -0.05) is 19.3 Å². The average Bonchev–Trinajstić information content (AvgIpc) is 2.48. The van der Waals surface area contributed by atoms with Gasteiger partial charge in [0.25, 0.3) is 5.91 Å². The molecule has 1 unspecified atom stereocenters. The fourth-order valence-electron chi connectivity index (χ4n) is 2.84. The first-order valence-electron chi connectivity index (χ1n) is 7.24. The third-order valence-corrected chi connectivity index (χ3v) is 4.12. The van der Waals surface area contributed by atoms with Crippen LogP contribution >= 0.6 is 0 Å². The topological polar surface area (TPSA) is 72.2 Å². The summed E-state index contributed by atoms with van der Waals surface area (Å²) in [5.41, 5.74) is -0.557. The normalized spacial score (nSPS) is 17.2. The van der Waals surface area contributed by atoms with E-state index in [-0.39, 0.29) is 11.6 Å². The van der Waals surface area contributed by atoms with Crippen molar-refractivity contribution in [2.24, 2.45) is 5.92 Å². The minimum atomic E-state index is -0.933. The lowest BCUT2D eigenvalue weighted by molar-refractivity contribution is -0.387. The molecule has 0 bridgehead atoms. The van der Waals surface area contributed by atoms with E-state index in [4.69, 9.17) is 0 Å². The highest BCUT2D eigenvalue weighted by molar-refractivity contribution is 5.95. The SMILES string of the molecule is CC(NC(=O)c1ccc(F)c([N+](=O)[O-])c1)C1CCCCC1. The van der Waals surface area contributed by atoms with Crippen molar-refractivity contribution in [2.45, 2.75) is 45.1 Å². The zero-order valence-electron chi connectivity index (χ0n) is 12.0. The maximum Gasteiger partial charge on any atom is 0.305 e. The molecule has 1 aliphatic carbocycles. The number of halogens is 1. The third kappa shape index (κ3) is 3.77. The lowest BCUT2D eigenvalue weighted by Crippen LogP contribution is -2.38. The van der Waals surface area contributed by atoms with Gasteiger partial charge >= 0.3 is 5.69 Å². The highest BCUT2D eigenvalue weighted by Gasteiger charge is 2.23. The molecule has 1 N–H and O–H groups in total. The van der Waals surface area contributed by atoms with Gasteiger partial charge in [0.15, 0.2) is 0 Å². The first kappa shape index (κ1) is 15.4. The molecular formula is C15H19FN2O3. The molecule has 0 aliphatic heterocycles. The number of rotatable bonds is 4. The number of hydrogen-bond donors (Lipinski definition) is 1. The molecule has 21 heavy (non-hydrogen) atoms. The van der Waals surface area contributed by atoms with Gasteiger partial charge in [0.2, 0.25) is 5.82 Å². The van der Waals surface area contributed by atoms with Crippen molar-refractivity contribution in [1.82, 2.24) is 5.32 Å². The van der Waals surface area contributed by atoms with Crippen LogP contribution in [0.4, 0.5) is 10.1 Å². The molecule has 6 heteroatoms. The van der Waals surface area contributed by atoms with E-state index in [1.54, 1.807) is 0 Å². The quantitative estimate of drug-likeness (QED) is 0.683. The molecule has 1 saturated carbocycles. The predicted molar refractivity (Wildman–Crippen MR) is 76.6 cm³/mol. The molecule has 1 fully saturated rings. The van der Waals surface area contributed by atoms with Crippen LogP contribution in [0.15, 0.2) is 18.2 Å². The van der Waals surface area contributed by atoms with E-state index >= 15 is 0 Å². The number of nitrogens with zero attached hydrogens (tertiary/aromatic N) is 1. The Kier molecular flexibility index (Phi) is 4.88. The highest BCUT2D eigenvalue weighted by atomic mass is 19.1. The number of amides is 1. The van der Waals surface area contributed by atoms with Crippen LogP contribution in [0, 0.1) is 21.8 Å². The second-order valence-corrected chi connectivity index (χ2v) is 5.58. The Morgan fingerprint density at radius 1 is 1.38 bits per heavy atom. The second-order valence-electron chi connectivity index (χ2n) is 5.58. The Balaban J connectivity index is 2.06. The van der Waals surface area contributed by atoms with Crippen LogP contribution < -0.4 is 5.32 Å². The molecular weight excluding hydrogens is 275 g/mol. The average molecular weight is 294 g/mol. The molecule has 0 spiro atoms. The number of hydrogen-bond acceptors (Lipinski definition) is 3. The van der Waals surface area contributed by atoms with E-state index in [1.165, 1.54) is 25.3 Å². The van der Waals surface area contributed by atoms with E-state index < -0.39 is 22.3 Å². The largest absolute Gasteiger partial charge is 0.349 e. The van der Waals surface area contributed by atoms with E-state index in [1.807, 2.05) is 6.92 Å². The Labute approximate surface area is 122 Å². The predicted octanol–water partition coefficient (Wildman–Crippen LogP) is 3.43. The number of nitro benzene ring substituents is 1. The Morgan fingerprint density at radius 3 is 2.67 bits per heavy atom. The molecule has 1 aromatic carbocycles. The van der Waals surface area contributed by atoms with Crippen LogP contribution in [0.5, 0.6) is 0 Å². The van der Waals surface area contributed by atoms with Gasteiger partial charge in [0, 0.05) is 17.7 Å². The van der Waals surface area contributed by atoms with Gasteiger partial charge in [-0.3, -0.25) is 14.9 Å². The molecule has 0 radical (unpaired) electrons. The van der Waals surface area contributed by atoms with Gasteiger partial charge < -0.3 is 5.32 Å². The Morgan fingerprint density at radius 2 is 2.05 bits per heavy atom. The first-order valence-corrected chi connectivity index (χ1v) is 7.24. The number of carbonyl (C=O) groups excluding carboxylic acids is 1. The maximum atomic E-state index is 13.3. The summed E-state index contributed by atoms with van der Waals surface area (Å²) in [5.74, 6) is -0.883. The number of carbonyl (C=O) groups is 1. The molecule has 2 rings (SSSR count). The lowest BCUT2D eigenvalue weighted by atomic mass is 9.84. The molecule has 5 nitrogen and oxygen atoms in total. The number of nitro groups is 1. The molecule has 0 heterocycles. The van der Waals surface area contributed by atoms with Gasteiger partial charge in [-0.2, -0.15) is 4.39 Å². The van der Waals surface area contributed by atoms with Crippen molar-refractivity contribution < 1.29 is 14.1 Å². The lowest BCUT2D eigenvalue weighted by Gasteiger charge is -2.28. The zero-order valence-corrected chi connectivity index (χ0v) is 12.0. The highest BCUT2D eigenvalue weighted by Crippen LogP contribution is 2.26. The smallest absolute Gasteiger partial charge is 0.305 e. The number of benzene rings is 1. The summed E-state index contributed by atoms with van der Waals surface area (Å²) in [7, 11) is 0. The summed E-state index contributed by atoms with van der Waals surface area (Å²) >= 11 is 0. The van der Waals surface area contributed by atoms with Crippen molar-refractivity contribution >= 4 is 11.6 Å². The number of nitrogens with one attached hydrogen (secondary N) is 1. The molecule has 1 aromatic rings. The van der Waals surface area contributed by atoms with Crippen molar-refractivity contribution in [3.8, 4) is 0 Å². The van der Waals surface area contributed by atoms with Gasteiger partial charge in [-0.25, -0.2) is 0 Å². The van der Waals surface area contributed by atoms with E-state index in [0.29, 0.717) is 5.92 Å². The van der Waals surface area contributed by atoms with Crippen molar-refractivity contribution in [1.29, 1.82) is 0 Å². The molecule has 1 aliphatic rings. The maximum absolute atomic E-state index is 13.3. The van der Waals surface area contributed by atoms with Crippen LogP contribution in [0.2, 0.25) is 0 Å². The van der Waals surface area contributed by atoms with Crippen molar-refractivity contribution in [3.63, 3.8) is 0 Å². The van der Waals surface area contributed by atoms with Gasteiger partial charge in [-0.05, 0) is 37.8 Å². The van der Waals surface area contributed by atoms with Gasteiger partial charge in [0.05, 0.1) is 4.92 Å². The summed E-state index contributed by atoms with van der Waals surface area (Å²) in [4.78, 5) is 22.0. The minimum absolute atomic E-state index is 0.0157. The summed E-state index contributed by atoms with van der Waals surface area (Å²) in [5, 5.41) is 13.6. The van der Waals surface area contributed by atoms with Gasteiger partial charge in [0.1, 0.15) is 0 Å². The molecule has 0 aromatic heterocycles. The van der Waals surface area contributed by atoms with Crippen LogP contribution in [-0.4, -0.2) is 16.9 Å². The fourth-order valence-corrected chi connectivity index (χ4v) is 2.84. The van der Waals surface area contributed by atoms with Crippen molar-refractivity contribution in [3.05, 3.63) is 39.7 Å². The first-order chi connectivity index (χ1) is 9.99. The Bertz CT molecular complexity index is 542. The minimum Gasteiger partial charge on any atom is -0.349 e. The van der Waals surface area contributed by atoms with Crippen LogP contribution in [0.1, 0.15) is 49.4 Å². The second kappa shape index (κ2) is 6.65. The van der Waals surface area contributed by atoms with Crippen LogP contribution in [0.3, 0.4) is 0 Å². The summed E-state index contributed by atoms with van der Waals surface area (Å²) in [6.07, 6.45) is 5.76. The summed E-state index contributed by atoms with van der Waals surface area (Å²) < 4.78 is 13.3. The standard InChI is InChI=1S/C15H19FN2O3/c1-10(11-5-3-2-4-6-11)17-15(19)12-7-8-13(16)14(9-12)18(20)21/h7-11H,2-6H2,1H3,(H,17,19).